The van der Waals surface area contributed by atoms with E-state index in [0.717, 1.165) is 36.5 Å². The van der Waals surface area contributed by atoms with Gasteiger partial charge in [-0.1, -0.05) is 0 Å². The zero-order valence-electron chi connectivity index (χ0n) is 9.20. The third kappa shape index (κ3) is 2.25. The Morgan fingerprint density at radius 3 is 2.69 bits per heavy atom. The number of hydrogen-bond acceptors (Lipinski definition) is 4. The van der Waals surface area contributed by atoms with Gasteiger partial charge < -0.3 is 20.1 Å². The van der Waals surface area contributed by atoms with Crippen LogP contribution in [0.25, 0.3) is 0 Å². The van der Waals surface area contributed by atoms with Gasteiger partial charge in [0, 0.05) is 23.6 Å². The van der Waals surface area contributed by atoms with E-state index < -0.39 is 0 Å². The molecular formula is C11H15BrN2O2. The highest BCUT2D eigenvalue weighted by molar-refractivity contribution is 9.10. The second-order valence-electron chi connectivity index (χ2n) is 3.64. The van der Waals surface area contributed by atoms with Crippen LogP contribution < -0.4 is 15.4 Å². The molecule has 2 N–H and O–H groups in total. The first-order valence-electron chi connectivity index (χ1n) is 5.18. The zero-order chi connectivity index (χ0) is 11.5. The van der Waals surface area contributed by atoms with Crippen LogP contribution in [0.4, 0.5) is 11.4 Å². The van der Waals surface area contributed by atoms with E-state index in [4.69, 9.17) is 15.2 Å². The highest BCUT2D eigenvalue weighted by Gasteiger charge is 2.16. The van der Waals surface area contributed by atoms with Crippen molar-refractivity contribution in [2.75, 3.05) is 44.0 Å². The van der Waals surface area contributed by atoms with Crippen molar-refractivity contribution < 1.29 is 9.47 Å². The van der Waals surface area contributed by atoms with Crippen LogP contribution in [0.1, 0.15) is 0 Å². The summed E-state index contributed by atoms with van der Waals surface area (Å²) in [5.41, 5.74) is 7.58. The van der Waals surface area contributed by atoms with Crippen molar-refractivity contribution in [3.63, 3.8) is 0 Å². The number of morpholine rings is 1. The average molecular weight is 287 g/mol. The Hall–Kier alpha value is -0.940. The molecule has 16 heavy (non-hydrogen) atoms. The molecule has 1 aliphatic rings. The molecule has 1 saturated heterocycles. The fourth-order valence-electron chi connectivity index (χ4n) is 1.78. The smallest absolute Gasteiger partial charge is 0.143 e. The molecule has 1 aromatic carbocycles. The molecule has 0 radical (unpaired) electrons. The van der Waals surface area contributed by atoms with Crippen LogP contribution in [0.2, 0.25) is 0 Å². The number of rotatable bonds is 2. The Balaban J connectivity index is 2.31. The van der Waals surface area contributed by atoms with Gasteiger partial charge in [0.2, 0.25) is 0 Å². The maximum absolute atomic E-state index is 5.83. The quantitative estimate of drug-likeness (QED) is 0.844. The van der Waals surface area contributed by atoms with Crippen molar-refractivity contribution in [1.29, 1.82) is 0 Å². The minimum Gasteiger partial charge on any atom is -0.495 e. The Labute approximate surface area is 103 Å². The van der Waals surface area contributed by atoms with Gasteiger partial charge in [-0.2, -0.15) is 0 Å². The first-order valence-corrected chi connectivity index (χ1v) is 5.97. The van der Waals surface area contributed by atoms with Gasteiger partial charge in [-0.05, 0) is 22.0 Å². The maximum Gasteiger partial charge on any atom is 0.143 e. The molecule has 1 aliphatic heterocycles. The third-order valence-electron chi connectivity index (χ3n) is 2.65. The second-order valence-corrected chi connectivity index (χ2v) is 4.50. The van der Waals surface area contributed by atoms with Crippen LogP contribution in [-0.2, 0) is 4.74 Å². The van der Waals surface area contributed by atoms with Crippen molar-refractivity contribution in [2.24, 2.45) is 0 Å². The lowest BCUT2D eigenvalue weighted by Gasteiger charge is -2.30. The molecule has 0 atom stereocenters. The highest BCUT2D eigenvalue weighted by Crippen LogP contribution is 2.35. The molecule has 0 amide bonds. The summed E-state index contributed by atoms with van der Waals surface area (Å²) in [5, 5.41) is 0. The normalized spacial score (nSPS) is 16.2. The van der Waals surface area contributed by atoms with Gasteiger partial charge in [-0.3, -0.25) is 0 Å². The lowest BCUT2D eigenvalue weighted by molar-refractivity contribution is 0.122. The molecule has 1 heterocycles. The van der Waals surface area contributed by atoms with Crippen molar-refractivity contribution in [2.45, 2.75) is 0 Å². The molecule has 1 aromatic rings. The average Bonchev–Trinajstić information content (AvgIpc) is 2.30. The third-order valence-corrected chi connectivity index (χ3v) is 3.29. The van der Waals surface area contributed by atoms with Gasteiger partial charge in [0.15, 0.2) is 0 Å². The molecular weight excluding hydrogens is 272 g/mol. The van der Waals surface area contributed by atoms with Crippen molar-refractivity contribution >= 4 is 27.3 Å². The number of hydrogen-bond donors (Lipinski definition) is 1. The molecule has 88 valence electrons. The first-order chi connectivity index (χ1) is 7.72. The molecule has 0 unspecified atom stereocenters. The lowest BCUT2D eigenvalue weighted by Crippen LogP contribution is -2.36. The number of methoxy groups -OCH3 is 1. The van der Waals surface area contributed by atoms with E-state index in [0.29, 0.717) is 11.4 Å². The second kappa shape index (κ2) is 4.93. The fourth-order valence-corrected chi connectivity index (χ4v) is 2.39. The van der Waals surface area contributed by atoms with Crippen molar-refractivity contribution in [3.8, 4) is 5.75 Å². The summed E-state index contributed by atoms with van der Waals surface area (Å²) in [6.07, 6.45) is 0. The van der Waals surface area contributed by atoms with Crippen LogP contribution >= 0.6 is 15.9 Å². The number of ether oxygens (including phenoxy) is 2. The molecule has 5 heteroatoms. The SMILES string of the molecule is COc1cc(N2CCOCC2)c(Br)cc1N. The molecule has 0 aliphatic carbocycles. The van der Waals surface area contributed by atoms with Crippen LogP contribution in [-0.4, -0.2) is 33.4 Å². The van der Waals surface area contributed by atoms with Gasteiger partial charge in [0.25, 0.3) is 0 Å². The number of nitrogen functional groups attached to an aromatic ring is 1. The summed E-state index contributed by atoms with van der Waals surface area (Å²) in [4.78, 5) is 2.26. The minimum absolute atomic E-state index is 0.645. The number of benzene rings is 1. The number of anilines is 2. The molecule has 0 spiro atoms. The molecule has 0 saturated carbocycles. The molecule has 1 fully saturated rings. The van der Waals surface area contributed by atoms with Crippen LogP contribution in [0.5, 0.6) is 5.75 Å². The molecule has 4 nitrogen and oxygen atoms in total. The van der Waals surface area contributed by atoms with Crippen LogP contribution in [0.15, 0.2) is 16.6 Å². The topological polar surface area (TPSA) is 47.7 Å². The summed E-state index contributed by atoms with van der Waals surface area (Å²) in [6, 6.07) is 3.84. The molecule has 0 aromatic heterocycles. The van der Waals surface area contributed by atoms with Gasteiger partial charge >= 0.3 is 0 Å². The van der Waals surface area contributed by atoms with Crippen LogP contribution in [0.3, 0.4) is 0 Å². The standard InChI is InChI=1S/C11H15BrN2O2/c1-15-11-7-10(8(12)6-9(11)13)14-2-4-16-5-3-14/h6-7H,2-5,13H2,1H3. The Bertz CT molecular complexity index is 378. The fraction of sp³-hybridized carbons (Fsp3) is 0.455. The predicted molar refractivity (Wildman–Crippen MR) is 68.1 cm³/mol. The van der Waals surface area contributed by atoms with E-state index in [1.165, 1.54) is 0 Å². The maximum atomic E-state index is 5.83. The summed E-state index contributed by atoms with van der Waals surface area (Å²) in [5.74, 6) is 0.713. The van der Waals surface area contributed by atoms with Gasteiger partial charge in [0.05, 0.1) is 31.7 Å². The molecule has 0 bridgehead atoms. The van der Waals surface area contributed by atoms with Crippen molar-refractivity contribution in [3.05, 3.63) is 16.6 Å². The predicted octanol–water partition coefficient (Wildman–Crippen LogP) is 1.88. The summed E-state index contributed by atoms with van der Waals surface area (Å²) in [7, 11) is 1.63. The van der Waals surface area contributed by atoms with Crippen LogP contribution in [0, 0.1) is 0 Å². The Morgan fingerprint density at radius 1 is 1.38 bits per heavy atom. The van der Waals surface area contributed by atoms with E-state index in [1.807, 2.05) is 12.1 Å². The monoisotopic (exact) mass is 286 g/mol. The number of halogens is 1. The van der Waals surface area contributed by atoms with Gasteiger partial charge in [-0.15, -0.1) is 0 Å². The largest absolute Gasteiger partial charge is 0.495 e. The van der Waals surface area contributed by atoms with E-state index >= 15 is 0 Å². The lowest BCUT2D eigenvalue weighted by atomic mass is 10.2. The van der Waals surface area contributed by atoms with Gasteiger partial charge in [0.1, 0.15) is 5.75 Å². The summed E-state index contributed by atoms with van der Waals surface area (Å²) < 4.78 is 11.5. The summed E-state index contributed by atoms with van der Waals surface area (Å²) >= 11 is 3.53. The van der Waals surface area contributed by atoms with E-state index in [2.05, 4.69) is 20.8 Å². The first kappa shape index (κ1) is 11.5. The Kier molecular flexibility index (Phi) is 3.56. The zero-order valence-corrected chi connectivity index (χ0v) is 10.8. The van der Waals surface area contributed by atoms with Crippen molar-refractivity contribution in [1.82, 2.24) is 0 Å². The van der Waals surface area contributed by atoms with Gasteiger partial charge in [-0.25, -0.2) is 0 Å². The number of nitrogens with zero attached hydrogens (tertiary/aromatic N) is 1. The molecule has 2 rings (SSSR count). The van der Waals surface area contributed by atoms with E-state index in [9.17, 15) is 0 Å². The number of nitrogens with two attached hydrogens (primary N) is 1. The minimum atomic E-state index is 0.645. The van der Waals surface area contributed by atoms with E-state index in [-0.39, 0.29) is 0 Å². The highest BCUT2D eigenvalue weighted by atomic mass is 79.9. The van der Waals surface area contributed by atoms with E-state index in [1.54, 1.807) is 7.11 Å². The Morgan fingerprint density at radius 2 is 2.06 bits per heavy atom. The summed E-state index contributed by atoms with van der Waals surface area (Å²) in [6.45, 7) is 3.32.